The first-order valence-electron chi connectivity index (χ1n) is 3.86. The molecule has 0 amide bonds. The topological polar surface area (TPSA) is 41.2 Å². The zero-order valence-corrected chi connectivity index (χ0v) is 8.16. The van der Waals surface area contributed by atoms with Crippen LogP contribution in [0.5, 0.6) is 0 Å². The van der Waals surface area contributed by atoms with Gasteiger partial charge < -0.3 is 17.5 Å². The van der Waals surface area contributed by atoms with E-state index in [0.717, 1.165) is 0 Å². The SMILES string of the molecule is CC(=O)c1cccc[n+]1CCO.[Cl-]. The summed E-state index contributed by atoms with van der Waals surface area (Å²) in [6, 6.07) is 5.39. The number of carbonyl (C=O) groups excluding carboxylic acids is 1. The number of aromatic nitrogens is 1. The van der Waals surface area contributed by atoms with Crippen molar-refractivity contribution in [3.63, 3.8) is 0 Å². The lowest BCUT2D eigenvalue weighted by molar-refractivity contribution is -0.699. The third-order valence-electron chi connectivity index (χ3n) is 1.64. The summed E-state index contributed by atoms with van der Waals surface area (Å²) in [4.78, 5) is 11.0. The molecule has 0 aliphatic rings. The molecule has 0 atom stereocenters. The summed E-state index contributed by atoms with van der Waals surface area (Å²) in [6.07, 6.45) is 1.78. The van der Waals surface area contributed by atoms with Gasteiger partial charge in [0.2, 0.25) is 11.5 Å². The van der Waals surface area contributed by atoms with Crippen molar-refractivity contribution in [1.29, 1.82) is 0 Å². The molecule has 1 aromatic rings. The Morgan fingerprint density at radius 1 is 1.54 bits per heavy atom. The van der Waals surface area contributed by atoms with Crippen molar-refractivity contribution in [1.82, 2.24) is 0 Å². The van der Waals surface area contributed by atoms with Crippen molar-refractivity contribution in [2.75, 3.05) is 6.61 Å². The van der Waals surface area contributed by atoms with Gasteiger partial charge in [0.15, 0.2) is 12.7 Å². The first-order chi connectivity index (χ1) is 5.75. The minimum Gasteiger partial charge on any atom is -1.00 e. The van der Waals surface area contributed by atoms with Crippen molar-refractivity contribution in [2.24, 2.45) is 0 Å². The molecule has 0 saturated carbocycles. The molecule has 0 saturated heterocycles. The lowest BCUT2D eigenvalue weighted by atomic mass is 10.2. The van der Waals surface area contributed by atoms with Gasteiger partial charge in [0.05, 0.1) is 0 Å². The number of halogens is 1. The fraction of sp³-hybridized carbons (Fsp3) is 0.333. The van der Waals surface area contributed by atoms with E-state index in [2.05, 4.69) is 0 Å². The van der Waals surface area contributed by atoms with Crippen LogP contribution in [-0.2, 0) is 6.54 Å². The van der Waals surface area contributed by atoms with E-state index in [-0.39, 0.29) is 24.8 Å². The Balaban J connectivity index is 0.00000144. The number of hydrogen-bond donors (Lipinski definition) is 1. The van der Waals surface area contributed by atoms with Gasteiger partial charge in [-0.2, -0.15) is 4.57 Å². The normalized spacial score (nSPS) is 9.08. The second kappa shape index (κ2) is 5.67. The molecule has 4 heteroatoms. The van der Waals surface area contributed by atoms with Gasteiger partial charge in [0.25, 0.3) is 0 Å². The summed E-state index contributed by atoms with van der Waals surface area (Å²) in [5, 5.41) is 8.69. The Morgan fingerprint density at radius 3 is 2.77 bits per heavy atom. The van der Waals surface area contributed by atoms with Crippen LogP contribution in [0.1, 0.15) is 17.4 Å². The number of carbonyl (C=O) groups is 1. The Kier molecular flexibility index (Phi) is 5.26. The summed E-state index contributed by atoms with van der Waals surface area (Å²) in [5.41, 5.74) is 0.631. The van der Waals surface area contributed by atoms with Crippen molar-refractivity contribution in [3.8, 4) is 0 Å². The first kappa shape index (κ1) is 12.1. The van der Waals surface area contributed by atoms with E-state index in [4.69, 9.17) is 5.11 Å². The number of ketones is 1. The quantitative estimate of drug-likeness (QED) is 0.423. The third kappa shape index (κ3) is 3.13. The molecule has 1 rings (SSSR count). The summed E-state index contributed by atoms with van der Waals surface area (Å²) >= 11 is 0. The molecule has 0 aliphatic carbocycles. The number of nitrogens with zero attached hydrogens (tertiary/aromatic N) is 1. The zero-order valence-electron chi connectivity index (χ0n) is 7.40. The molecule has 0 aromatic carbocycles. The molecule has 0 unspecified atom stereocenters. The van der Waals surface area contributed by atoms with Crippen molar-refractivity contribution in [3.05, 3.63) is 30.1 Å². The van der Waals surface area contributed by atoms with Crippen LogP contribution in [0, 0.1) is 0 Å². The molecule has 1 N–H and O–H groups in total. The van der Waals surface area contributed by atoms with Gasteiger partial charge in [0.1, 0.15) is 6.61 Å². The van der Waals surface area contributed by atoms with E-state index < -0.39 is 0 Å². The standard InChI is InChI=1S/C9H12NO2.ClH/c1-8(12)9-4-2-3-5-10(9)6-7-11;/h2-5,11H,6-7H2,1H3;1H/q+1;/p-1. The molecule has 0 radical (unpaired) electrons. The van der Waals surface area contributed by atoms with Crippen LogP contribution >= 0.6 is 0 Å². The maximum Gasteiger partial charge on any atom is 0.248 e. The van der Waals surface area contributed by atoms with Gasteiger partial charge in [-0.15, -0.1) is 0 Å². The maximum absolute atomic E-state index is 11.0. The van der Waals surface area contributed by atoms with E-state index in [9.17, 15) is 4.79 Å². The number of hydrogen-bond acceptors (Lipinski definition) is 2. The Morgan fingerprint density at radius 2 is 2.23 bits per heavy atom. The zero-order chi connectivity index (χ0) is 8.97. The van der Waals surface area contributed by atoms with E-state index in [1.54, 1.807) is 16.8 Å². The molecule has 3 nitrogen and oxygen atoms in total. The monoisotopic (exact) mass is 201 g/mol. The number of aliphatic hydroxyl groups is 1. The average molecular weight is 202 g/mol. The molecular formula is C9H12ClNO2. The predicted octanol–water partition coefficient (Wildman–Crippen LogP) is -2.83. The summed E-state index contributed by atoms with van der Waals surface area (Å²) in [7, 11) is 0. The summed E-state index contributed by atoms with van der Waals surface area (Å²) < 4.78 is 1.74. The van der Waals surface area contributed by atoms with E-state index >= 15 is 0 Å². The van der Waals surface area contributed by atoms with Crippen LogP contribution in [0.4, 0.5) is 0 Å². The van der Waals surface area contributed by atoms with Crippen LogP contribution in [0.2, 0.25) is 0 Å². The molecule has 1 aromatic heterocycles. The summed E-state index contributed by atoms with van der Waals surface area (Å²) in [6.45, 7) is 2.04. The molecule has 72 valence electrons. The van der Waals surface area contributed by atoms with Crippen LogP contribution in [0.15, 0.2) is 24.4 Å². The number of Topliss-reactive ketones (excluding diaryl/α,β-unsaturated/α-hetero) is 1. The highest BCUT2D eigenvalue weighted by Gasteiger charge is 2.12. The van der Waals surface area contributed by atoms with E-state index in [1.165, 1.54) is 6.92 Å². The van der Waals surface area contributed by atoms with Gasteiger partial charge in [0, 0.05) is 19.1 Å². The van der Waals surface area contributed by atoms with Gasteiger partial charge in [-0.25, -0.2) is 0 Å². The van der Waals surface area contributed by atoms with Gasteiger partial charge in [-0.05, 0) is 6.07 Å². The minimum atomic E-state index is 0. The lowest BCUT2D eigenvalue weighted by Crippen LogP contribution is -3.00. The van der Waals surface area contributed by atoms with Crippen LogP contribution in [0.3, 0.4) is 0 Å². The third-order valence-corrected chi connectivity index (χ3v) is 1.64. The maximum atomic E-state index is 11.0. The Bertz CT molecular complexity index is 289. The number of aliphatic hydroxyl groups excluding tert-OH is 1. The lowest BCUT2D eigenvalue weighted by Gasteiger charge is -1.97. The smallest absolute Gasteiger partial charge is 0.248 e. The molecule has 13 heavy (non-hydrogen) atoms. The van der Waals surface area contributed by atoms with Crippen molar-refractivity contribution in [2.45, 2.75) is 13.5 Å². The highest BCUT2D eigenvalue weighted by molar-refractivity contribution is 5.90. The molecule has 0 spiro atoms. The Labute approximate surface area is 83.4 Å². The molecule has 0 bridgehead atoms. The Hall–Kier alpha value is -0.930. The fourth-order valence-electron chi connectivity index (χ4n) is 1.10. The highest BCUT2D eigenvalue weighted by Crippen LogP contribution is 1.91. The van der Waals surface area contributed by atoms with E-state index in [1.807, 2.05) is 12.1 Å². The van der Waals surface area contributed by atoms with Gasteiger partial charge in [-0.3, -0.25) is 4.79 Å². The number of pyridine rings is 1. The van der Waals surface area contributed by atoms with Crippen molar-refractivity contribution >= 4 is 5.78 Å². The summed E-state index contributed by atoms with van der Waals surface area (Å²) in [5.74, 6) is 0.0176. The van der Waals surface area contributed by atoms with Gasteiger partial charge in [-0.1, -0.05) is 0 Å². The second-order valence-corrected chi connectivity index (χ2v) is 2.56. The largest absolute Gasteiger partial charge is 1.00 e. The second-order valence-electron chi connectivity index (χ2n) is 2.56. The van der Waals surface area contributed by atoms with Crippen LogP contribution in [0.25, 0.3) is 0 Å². The highest BCUT2D eigenvalue weighted by atomic mass is 35.5. The first-order valence-corrected chi connectivity index (χ1v) is 3.86. The van der Waals surface area contributed by atoms with Crippen molar-refractivity contribution < 1.29 is 26.9 Å². The average Bonchev–Trinajstić information content (AvgIpc) is 2.05. The van der Waals surface area contributed by atoms with Crippen LogP contribution < -0.4 is 17.0 Å². The number of rotatable bonds is 3. The van der Waals surface area contributed by atoms with Crippen LogP contribution in [-0.4, -0.2) is 17.5 Å². The molecule has 0 aliphatic heterocycles. The molecular weight excluding hydrogens is 190 g/mol. The molecule has 1 heterocycles. The minimum absolute atomic E-state index is 0. The van der Waals surface area contributed by atoms with Gasteiger partial charge >= 0.3 is 0 Å². The predicted molar refractivity (Wildman–Crippen MR) is 43.7 cm³/mol. The molecule has 0 fully saturated rings. The van der Waals surface area contributed by atoms with E-state index in [0.29, 0.717) is 12.2 Å². The fourth-order valence-corrected chi connectivity index (χ4v) is 1.10.